The molecule has 6 nitrogen and oxygen atoms in total. The minimum absolute atomic E-state index is 0.194. The van der Waals surface area contributed by atoms with E-state index < -0.39 is 0 Å². The molecule has 0 saturated carbocycles. The van der Waals surface area contributed by atoms with E-state index in [4.69, 9.17) is 4.74 Å². The Bertz CT molecular complexity index is 503. The van der Waals surface area contributed by atoms with Crippen LogP contribution in [0.15, 0.2) is 5.38 Å². The third-order valence-corrected chi connectivity index (χ3v) is 4.32. The first-order chi connectivity index (χ1) is 10.1. The predicted octanol–water partition coefficient (Wildman–Crippen LogP) is 2.51. The van der Waals surface area contributed by atoms with Gasteiger partial charge in [-0.2, -0.15) is 0 Å². The molecule has 1 atom stereocenters. The summed E-state index contributed by atoms with van der Waals surface area (Å²) < 4.78 is 4.76. The first kappa shape index (κ1) is 15.8. The fraction of sp³-hybridized carbons (Fsp3) is 0.643. The lowest BCUT2D eigenvalue weighted by Crippen LogP contribution is -2.44. The van der Waals surface area contributed by atoms with E-state index in [2.05, 4.69) is 17.2 Å². The summed E-state index contributed by atoms with van der Waals surface area (Å²) in [7, 11) is 1.38. The van der Waals surface area contributed by atoms with Crippen LogP contribution in [0.2, 0.25) is 0 Å². The van der Waals surface area contributed by atoms with Crippen molar-refractivity contribution in [3.05, 3.63) is 11.1 Å². The van der Waals surface area contributed by atoms with Gasteiger partial charge in [-0.3, -0.25) is 10.1 Å². The molecular weight excluding hydrogens is 290 g/mol. The molecule has 2 heterocycles. The number of aromatic nitrogens is 1. The van der Waals surface area contributed by atoms with Crippen LogP contribution in [0.3, 0.4) is 0 Å². The van der Waals surface area contributed by atoms with Gasteiger partial charge in [0.25, 0.3) is 0 Å². The largest absolute Gasteiger partial charge is 0.469 e. The molecule has 116 valence electrons. The minimum atomic E-state index is -0.244. The Morgan fingerprint density at radius 3 is 3.10 bits per heavy atom. The zero-order valence-electron chi connectivity index (χ0n) is 12.4. The molecule has 7 heteroatoms. The van der Waals surface area contributed by atoms with E-state index in [0.717, 1.165) is 31.4 Å². The summed E-state index contributed by atoms with van der Waals surface area (Å²) in [5.41, 5.74) is 1.00. The Balaban J connectivity index is 1.91. The summed E-state index contributed by atoms with van der Waals surface area (Å²) in [6.07, 6.45) is 3.53. The van der Waals surface area contributed by atoms with Crippen LogP contribution in [0.4, 0.5) is 9.93 Å². The number of nitrogens with zero attached hydrogens (tertiary/aromatic N) is 2. The van der Waals surface area contributed by atoms with E-state index in [1.54, 1.807) is 4.90 Å². The van der Waals surface area contributed by atoms with Gasteiger partial charge in [-0.05, 0) is 19.3 Å². The molecule has 1 aromatic heterocycles. The Morgan fingerprint density at radius 2 is 2.38 bits per heavy atom. The Labute approximate surface area is 128 Å². The van der Waals surface area contributed by atoms with Crippen LogP contribution < -0.4 is 5.32 Å². The maximum absolute atomic E-state index is 12.2. The number of anilines is 1. The number of methoxy groups -OCH3 is 1. The van der Waals surface area contributed by atoms with Crippen molar-refractivity contribution in [2.24, 2.45) is 5.92 Å². The van der Waals surface area contributed by atoms with Crippen LogP contribution in [0.25, 0.3) is 0 Å². The number of thiazole rings is 1. The standard InChI is InChI=1S/C14H21N3O3S/c1-3-5-11-9-21-13(15-11)16-14(19)17-7-4-6-10(8-17)12(18)20-2/h9-10H,3-8H2,1-2H3,(H,15,16,19). The number of carbonyl (C=O) groups is 2. The topological polar surface area (TPSA) is 71.5 Å². The molecule has 1 aliphatic heterocycles. The van der Waals surface area contributed by atoms with Crippen LogP contribution in [-0.2, 0) is 16.0 Å². The van der Waals surface area contributed by atoms with E-state index in [1.807, 2.05) is 5.38 Å². The highest BCUT2D eigenvalue weighted by Gasteiger charge is 2.29. The van der Waals surface area contributed by atoms with Crippen LogP contribution in [0.5, 0.6) is 0 Å². The second kappa shape index (κ2) is 7.40. The van der Waals surface area contributed by atoms with E-state index in [0.29, 0.717) is 18.2 Å². The second-order valence-electron chi connectivity index (χ2n) is 5.13. The summed E-state index contributed by atoms with van der Waals surface area (Å²) >= 11 is 1.43. The molecule has 1 unspecified atom stereocenters. The molecule has 0 aliphatic carbocycles. The molecule has 0 spiro atoms. The van der Waals surface area contributed by atoms with Gasteiger partial charge in [-0.1, -0.05) is 13.3 Å². The van der Waals surface area contributed by atoms with Gasteiger partial charge in [0.2, 0.25) is 0 Å². The van der Waals surface area contributed by atoms with Gasteiger partial charge in [0.1, 0.15) is 0 Å². The van der Waals surface area contributed by atoms with Gasteiger partial charge in [-0.15, -0.1) is 11.3 Å². The van der Waals surface area contributed by atoms with Gasteiger partial charge in [-0.25, -0.2) is 9.78 Å². The van der Waals surface area contributed by atoms with Crippen molar-refractivity contribution in [3.63, 3.8) is 0 Å². The van der Waals surface area contributed by atoms with Crippen LogP contribution in [-0.4, -0.2) is 42.1 Å². The monoisotopic (exact) mass is 311 g/mol. The number of nitrogens with one attached hydrogen (secondary N) is 1. The zero-order chi connectivity index (χ0) is 15.2. The van der Waals surface area contributed by atoms with Gasteiger partial charge >= 0.3 is 12.0 Å². The highest BCUT2D eigenvalue weighted by molar-refractivity contribution is 7.13. The summed E-state index contributed by atoms with van der Waals surface area (Å²) in [4.78, 5) is 29.8. The van der Waals surface area contributed by atoms with Crippen molar-refractivity contribution >= 4 is 28.5 Å². The summed E-state index contributed by atoms with van der Waals surface area (Å²) in [6.45, 7) is 3.16. The summed E-state index contributed by atoms with van der Waals surface area (Å²) in [5, 5.41) is 5.39. The Hall–Kier alpha value is -1.63. The summed E-state index contributed by atoms with van der Waals surface area (Å²) in [5.74, 6) is -0.464. The number of amides is 2. The van der Waals surface area contributed by atoms with Crippen LogP contribution >= 0.6 is 11.3 Å². The lowest BCUT2D eigenvalue weighted by atomic mass is 9.98. The first-order valence-electron chi connectivity index (χ1n) is 7.22. The highest BCUT2D eigenvalue weighted by Crippen LogP contribution is 2.20. The molecule has 1 aliphatic rings. The Kier molecular flexibility index (Phi) is 5.55. The van der Waals surface area contributed by atoms with E-state index >= 15 is 0 Å². The van der Waals surface area contributed by atoms with Crippen molar-refractivity contribution in [3.8, 4) is 0 Å². The maximum atomic E-state index is 12.2. The minimum Gasteiger partial charge on any atom is -0.469 e. The lowest BCUT2D eigenvalue weighted by Gasteiger charge is -2.30. The second-order valence-corrected chi connectivity index (χ2v) is 5.99. The third kappa shape index (κ3) is 4.17. The molecule has 21 heavy (non-hydrogen) atoms. The van der Waals surface area contributed by atoms with Crippen molar-refractivity contribution in [2.45, 2.75) is 32.6 Å². The van der Waals surface area contributed by atoms with Gasteiger partial charge < -0.3 is 9.64 Å². The van der Waals surface area contributed by atoms with E-state index in [9.17, 15) is 9.59 Å². The molecule has 1 saturated heterocycles. The number of hydrogen-bond acceptors (Lipinski definition) is 5. The molecule has 1 aromatic rings. The van der Waals surface area contributed by atoms with Crippen molar-refractivity contribution < 1.29 is 14.3 Å². The van der Waals surface area contributed by atoms with Crippen molar-refractivity contribution in [1.29, 1.82) is 0 Å². The predicted molar refractivity (Wildman–Crippen MR) is 81.4 cm³/mol. The number of rotatable bonds is 4. The van der Waals surface area contributed by atoms with E-state index in [1.165, 1.54) is 18.4 Å². The average molecular weight is 311 g/mol. The number of carbonyl (C=O) groups excluding carboxylic acids is 2. The number of piperidine rings is 1. The molecule has 0 aromatic carbocycles. The van der Waals surface area contributed by atoms with E-state index in [-0.39, 0.29) is 17.9 Å². The Morgan fingerprint density at radius 1 is 1.57 bits per heavy atom. The maximum Gasteiger partial charge on any atom is 0.323 e. The third-order valence-electron chi connectivity index (χ3n) is 3.51. The smallest absolute Gasteiger partial charge is 0.323 e. The number of ether oxygens (including phenoxy) is 1. The van der Waals surface area contributed by atoms with Gasteiger partial charge in [0.15, 0.2) is 5.13 Å². The molecular formula is C14H21N3O3S. The van der Waals surface area contributed by atoms with Crippen LogP contribution in [0.1, 0.15) is 31.9 Å². The quantitative estimate of drug-likeness (QED) is 0.867. The number of likely N-dealkylation sites (tertiary alicyclic amines) is 1. The molecule has 2 amide bonds. The normalized spacial score (nSPS) is 18.4. The molecule has 1 N–H and O–H groups in total. The van der Waals surface area contributed by atoms with Crippen molar-refractivity contribution in [2.75, 3.05) is 25.5 Å². The molecule has 0 bridgehead atoms. The van der Waals surface area contributed by atoms with Crippen LogP contribution in [0, 0.1) is 5.92 Å². The summed E-state index contributed by atoms with van der Waals surface area (Å²) in [6, 6.07) is -0.194. The molecule has 1 fully saturated rings. The highest BCUT2D eigenvalue weighted by atomic mass is 32.1. The van der Waals surface area contributed by atoms with Gasteiger partial charge in [0.05, 0.1) is 18.7 Å². The number of esters is 1. The number of aryl methyl sites for hydroxylation is 1. The fourth-order valence-electron chi connectivity index (χ4n) is 2.43. The SMILES string of the molecule is CCCc1csc(NC(=O)N2CCCC(C(=O)OC)C2)n1. The van der Waals surface area contributed by atoms with Crippen molar-refractivity contribution in [1.82, 2.24) is 9.88 Å². The number of hydrogen-bond donors (Lipinski definition) is 1. The lowest BCUT2D eigenvalue weighted by molar-refractivity contribution is -0.146. The molecule has 2 rings (SSSR count). The number of urea groups is 1. The first-order valence-corrected chi connectivity index (χ1v) is 8.10. The molecule has 0 radical (unpaired) electrons. The zero-order valence-corrected chi connectivity index (χ0v) is 13.2. The van der Waals surface area contributed by atoms with Gasteiger partial charge in [0, 0.05) is 18.5 Å². The fourth-order valence-corrected chi connectivity index (χ4v) is 3.16. The average Bonchev–Trinajstić information content (AvgIpc) is 2.94.